The van der Waals surface area contributed by atoms with Crippen molar-refractivity contribution in [1.82, 2.24) is 5.01 Å². The maximum atomic E-state index is 12.7. The van der Waals surface area contributed by atoms with Crippen LogP contribution in [0.25, 0.3) is 0 Å². The van der Waals surface area contributed by atoms with E-state index < -0.39 is 11.7 Å². The molecule has 0 aliphatic carbocycles. The monoisotopic (exact) mass is 316 g/mol. The van der Waals surface area contributed by atoms with Gasteiger partial charge in [-0.3, -0.25) is 9.59 Å². The summed E-state index contributed by atoms with van der Waals surface area (Å²) in [5.74, 6) is -1.04. The fourth-order valence-electron chi connectivity index (χ4n) is 2.76. The molecule has 0 unspecified atom stereocenters. The molecule has 1 aromatic carbocycles. The Hall–Kier alpha value is -1.97. The average molecular weight is 316 g/mol. The van der Waals surface area contributed by atoms with Gasteiger partial charge in [-0.1, -0.05) is 44.9 Å². The van der Waals surface area contributed by atoms with Gasteiger partial charge in [0.1, 0.15) is 0 Å². The molecule has 1 rings (SSSR count). The van der Waals surface area contributed by atoms with Crippen molar-refractivity contribution in [2.75, 3.05) is 7.05 Å². The third kappa shape index (κ3) is 4.75. The van der Waals surface area contributed by atoms with E-state index >= 15 is 0 Å². The Balaban J connectivity index is 3.19. The smallest absolute Gasteiger partial charge is 0.283 e. The normalized spacial score (nSPS) is 11.5. The number of hydrazone groups is 1. The molecular weight excluding hydrogens is 288 g/mol. The molecule has 1 amide bonds. The van der Waals surface area contributed by atoms with Crippen molar-refractivity contribution in [2.45, 2.75) is 60.3 Å². The molecule has 0 radical (unpaired) electrons. The van der Waals surface area contributed by atoms with E-state index in [0.717, 1.165) is 48.1 Å². The van der Waals surface area contributed by atoms with Gasteiger partial charge in [-0.2, -0.15) is 5.10 Å². The molecule has 4 heteroatoms. The number of rotatable bonds is 7. The molecule has 4 nitrogen and oxygen atoms in total. The largest absolute Gasteiger partial charge is 0.314 e. The number of Topliss-reactive ketones (excluding diaryl/α,β-unsaturated/α-hetero) is 1. The minimum atomic E-state index is -0.575. The van der Waals surface area contributed by atoms with Gasteiger partial charge in [-0.15, -0.1) is 0 Å². The highest BCUT2D eigenvalue weighted by Gasteiger charge is 2.25. The van der Waals surface area contributed by atoms with E-state index in [-0.39, 0.29) is 0 Å². The molecule has 0 aliphatic heterocycles. The molecule has 0 atom stereocenters. The van der Waals surface area contributed by atoms with E-state index in [1.807, 2.05) is 39.8 Å². The van der Waals surface area contributed by atoms with Crippen molar-refractivity contribution in [2.24, 2.45) is 5.10 Å². The van der Waals surface area contributed by atoms with E-state index in [9.17, 15) is 9.59 Å². The number of aryl methyl sites for hydroxylation is 3. The number of ketones is 1. The maximum absolute atomic E-state index is 12.7. The molecule has 0 bridgehead atoms. The number of hydrogen-bond donors (Lipinski definition) is 0. The van der Waals surface area contributed by atoms with E-state index in [1.165, 1.54) is 5.01 Å². The number of nitrogens with zero attached hydrogens (tertiary/aromatic N) is 2. The van der Waals surface area contributed by atoms with Gasteiger partial charge in [0.2, 0.25) is 0 Å². The highest BCUT2D eigenvalue weighted by Crippen LogP contribution is 2.21. The molecule has 0 heterocycles. The molecule has 0 aromatic heterocycles. The van der Waals surface area contributed by atoms with E-state index in [1.54, 1.807) is 7.05 Å². The van der Waals surface area contributed by atoms with Crippen LogP contribution in [0, 0.1) is 6.92 Å². The van der Waals surface area contributed by atoms with Gasteiger partial charge < -0.3 is 0 Å². The van der Waals surface area contributed by atoms with Crippen LogP contribution in [0.1, 0.15) is 67.6 Å². The number of carbonyl (C=O) groups is 2. The second-order valence-electron chi connectivity index (χ2n) is 5.91. The quantitative estimate of drug-likeness (QED) is 0.331. The summed E-state index contributed by atoms with van der Waals surface area (Å²) in [5, 5.41) is 5.39. The summed E-state index contributed by atoms with van der Waals surface area (Å²) in [6, 6.07) is 3.98. The predicted molar refractivity (Wildman–Crippen MR) is 95.1 cm³/mol. The minimum absolute atomic E-state index is 0.464. The molecule has 0 fully saturated rings. The Morgan fingerprint density at radius 3 is 2.04 bits per heavy atom. The second-order valence-corrected chi connectivity index (χ2v) is 5.91. The van der Waals surface area contributed by atoms with Crippen molar-refractivity contribution >= 4 is 17.4 Å². The summed E-state index contributed by atoms with van der Waals surface area (Å²) in [4.78, 5) is 25.2. The van der Waals surface area contributed by atoms with Gasteiger partial charge in [-0.25, -0.2) is 5.01 Å². The molecule has 126 valence electrons. The topological polar surface area (TPSA) is 49.7 Å². The number of carbonyl (C=O) groups excluding carboxylic acids is 2. The van der Waals surface area contributed by atoms with Crippen LogP contribution in [-0.4, -0.2) is 29.5 Å². The summed E-state index contributed by atoms with van der Waals surface area (Å²) in [6.45, 7) is 9.95. The molecule has 0 aliphatic rings. The van der Waals surface area contributed by atoms with Crippen LogP contribution in [-0.2, 0) is 17.6 Å². The van der Waals surface area contributed by atoms with Crippen LogP contribution in [0.15, 0.2) is 17.2 Å². The Kier molecular flexibility index (Phi) is 7.14. The lowest BCUT2D eigenvalue weighted by atomic mass is 9.92. The first-order valence-electron chi connectivity index (χ1n) is 8.34. The molecule has 1 aromatic rings. The number of likely N-dealkylation sites (N-methyl/N-ethyl adjacent to an activating group) is 1. The number of hydrogen-bond acceptors (Lipinski definition) is 3. The molecule has 0 saturated carbocycles. The van der Waals surface area contributed by atoms with Crippen LogP contribution < -0.4 is 0 Å². The standard InChI is InChI=1S/C19H28N2O2/c1-7-10-14(5)20-21(6)19(23)18(22)17-15(8-2)11-13(4)12-16(17)9-3/h11-12H,7-10H2,1-6H3. The van der Waals surface area contributed by atoms with Gasteiger partial charge in [-0.05, 0) is 44.2 Å². The van der Waals surface area contributed by atoms with Gasteiger partial charge >= 0.3 is 5.91 Å². The first-order valence-corrected chi connectivity index (χ1v) is 8.34. The fourth-order valence-corrected chi connectivity index (χ4v) is 2.76. The first-order chi connectivity index (χ1) is 10.8. The van der Waals surface area contributed by atoms with Crippen LogP contribution in [0.5, 0.6) is 0 Å². The molecule has 23 heavy (non-hydrogen) atoms. The molecule has 0 N–H and O–H groups in total. The van der Waals surface area contributed by atoms with Crippen molar-refractivity contribution < 1.29 is 9.59 Å². The summed E-state index contributed by atoms with van der Waals surface area (Å²) in [5.41, 5.74) is 4.39. The highest BCUT2D eigenvalue weighted by atomic mass is 16.2. The summed E-state index contributed by atoms with van der Waals surface area (Å²) < 4.78 is 0. The van der Waals surface area contributed by atoms with Crippen LogP contribution in [0.2, 0.25) is 0 Å². The summed E-state index contributed by atoms with van der Waals surface area (Å²) in [6.07, 6.45) is 3.23. The zero-order valence-electron chi connectivity index (χ0n) is 15.2. The fraction of sp³-hybridized carbons (Fsp3) is 0.526. The van der Waals surface area contributed by atoms with Gasteiger partial charge in [0.05, 0.1) is 0 Å². The van der Waals surface area contributed by atoms with Crippen LogP contribution in [0.4, 0.5) is 0 Å². The summed E-state index contributed by atoms with van der Waals surface area (Å²) >= 11 is 0. The van der Waals surface area contributed by atoms with Crippen LogP contribution in [0.3, 0.4) is 0 Å². The zero-order chi connectivity index (χ0) is 17.6. The minimum Gasteiger partial charge on any atom is -0.283 e. The third-order valence-electron chi connectivity index (χ3n) is 3.86. The van der Waals surface area contributed by atoms with E-state index in [4.69, 9.17) is 0 Å². The van der Waals surface area contributed by atoms with E-state index in [0.29, 0.717) is 5.56 Å². The van der Waals surface area contributed by atoms with Gasteiger partial charge in [0.15, 0.2) is 0 Å². The summed E-state index contributed by atoms with van der Waals surface area (Å²) in [7, 11) is 1.55. The average Bonchev–Trinajstić information content (AvgIpc) is 2.52. The highest BCUT2D eigenvalue weighted by molar-refractivity contribution is 6.43. The maximum Gasteiger partial charge on any atom is 0.314 e. The van der Waals surface area contributed by atoms with Crippen LogP contribution >= 0.6 is 0 Å². The van der Waals surface area contributed by atoms with Crippen molar-refractivity contribution in [1.29, 1.82) is 0 Å². The van der Waals surface area contributed by atoms with Crippen molar-refractivity contribution in [3.8, 4) is 0 Å². The lowest BCUT2D eigenvalue weighted by Gasteiger charge is -2.16. The Morgan fingerprint density at radius 1 is 1.09 bits per heavy atom. The Labute approximate surface area is 139 Å². The zero-order valence-corrected chi connectivity index (χ0v) is 15.2. The van der Waals surface area contributed by atoms with Gasteiger partial charge in [0, 0.05) is 18.3 Å². The lowest BCUT2D eigenvalue weighted by Crippen LogP contribution is -2.31. The lowest BCUT2D eigenvalue weighted by molar-refractivity contribution is -0.125. The molecule has 0 spiro atoms. The first kappa shape index (κ1) is 19.1. The van der Waals surface area contributed by atoms with E-state index in [2.05, 4.69) is 12.0 Å². The van der Waals surface area contributed by atoms with Crippen molar-refractivity contribution in [3.05, 3.63) is 34.4 Å². The van der Waals surface area contributed by atoms with Gasteiger partial charge in [0.25, 0.3) is 5.78 Å². The Bertz CT molecular complexity index is 593. The SMILES string of the molecule is CCCC(C)=NN(C)C(=O)C(=O)c1c(CC)cc(C)cc1CC. The predicted octanol–water partition coefficient (Wildman–Crippen LogP) is 3.94. The Morgan fingerprint density at radius 2 is 1.61 bits per heavy atom. The number of benzene rings is 1. The number of amides is 1. The van der Waals surface area contributed by atoms with Crippen molar-refractivity contribution in [3.63, 3.8) is 0 Å². The molecule has 0 saturated heterocycles. The molecular formula is C19H28N2O2. The third-order valence-corrected chi connectivity index (χ3v) is 3.86. The second kappa shape index (κ2) is 8.61.